The molecule has 0 amide bonds. The number of allylic oxidation sites excluding steroid dienone is 3. The molecule has 0 saturated heterocycles. The fourth-order valence-corrected chi connectivity index (χ4v) is 4.63. The molecule has 3 nitrogen and oxygen atoms in total. The smallest absolute Gasteiger partial charge is 0.154 e. The Morgan fingerprint density at radius 1 is 0.723 bits per heavy atom. The fraction of sp³-hybridized carbons (Fsp3) is 0.159. The van der Waals surface area contributed by atoms with Crippen LogP contribution >= 0.6 is 0 Å². The van der Waals surface area contributed by atoms with Crippen LogP contribution in [0.15, 0.2) is 174 Å². The van der Waals surface area contributed by atoms with Crippen LogP contribution in [0.3, 0.4) is 0 Å². The van der Waals surface area contributed by atoms with Crippen LogP contribution in [0, 0.1) is 6.92 Å². The van der Waals surface area contributed by atoms with Crippen LogP contribution in [0.25, 0.3) is 11.3 Å². The van der Waals surface area contributed by atoms with E-state index in [2.05, 4.69) is 117 Å². The summed E-state index contributed by atoms with van der Waals surface area (Å²) in [4.78, 5) is 13.7. The lowest BCUT2D eigenvalue weighted by Gasteiger charge is -2.13. The molecule has 0 atom stereocenters. The van der Waals surface area contributed by atoms with E-state index in [0.717, 1.165) is 40.2 Å². The Kier molecular flexibility index (Phi) is 16.5. The summed E-state index contributed by atoms with van der Waals surface area (Å²) >= 11 is 0. The predicted molar refractivity (Wildman–Crippen MR) is 210 cm³/mol. The van der Waals surface area contributed by atoms with E-state index in [4.69, 9.17) is 4.99 Å². The lowest BCUT2D eigenvalue weighted by Crippen LogP contribution is -1.97. The summed E-state index contributed by atoms with van der Waals surface area (Å²) in [7, 11) is 0. The third-order valence-corrected chi connectivity index (χ3v) is 7.23. The van der Waals surface area contributed by atoms with E-state index >= 15 is 0 Å². The van der Waals surface area contributed by atoms with E-state index < -0.39 is 0 Å². The average Bonchev–Trinajstić information content (AvgIpc) is 3.12. The molecule has 0 saturated carbocycles. The molecule has 4 aromatic rings. The van der Waals surface area contributed by atoms with Gasteiger partial charge in [-0.25, -0.2) is 9.98 Å². The van der Waals surface area contributed by atoms with Crippen molar-refractivity contribution in [2.45, 2.75) is 48.0 Å². The van der Waals surface area contributed by atoms with Crippen molar-refractivity contribution in [2.24, 2.45) is 15.0 Å². The number of aryl methyl sites for hydroxylation is 2. The van der Waals surface area contributed by atoms with Gasteiger partial charge in [-0.1, -0.05) is 135 Å². The van der Waals surface area contributed by atoms with Gasteiger partial charge in [-0.3, -0.25) is 4.99 Å². The molecule has 0 unspecified atom stereocenters. The molecule has 0 heterocycles. The summed E-state index contributed by atoms with van der Waals surface area (Å²) in [5.74, 6) is 0.692. The lowest BCUT2D eigenvalue weighted by atomic mass is 9.92. The SMILES string of the molecule is C=C.C=C(N=C(C)c1ccccc1)c1ccccc1.C=C/C(C)=C(\N=C/C)/N=C(C)/C=C(/c1cccc(CC)c1)c1ccccc1C. The van der Waals surface area contributed by atoms with Crippen LogP contribution in [-0.2, 0) is 6.42 Å². The van der Waals surface area contributed by atoms with Crippen molar-refractivity contribution in [3.8, 4) is 0 Å². The van der Waals surface area contributed by atoms with Crippen LogP contribution in [0.1, 0.15) is 68.0 Å². The van der Waals surface area contributed by atoms with Gasteiger partial charge in [0, 0.05) is 17.6 Å². The first-order valence-electron chi connectivity index (χ1n) is 15.9. The quantitative estimate of drug-likeness (QED) is 0.0962. The summed E-state index contributed by atoms with van der Waals surface area (Å²) in [6.45, 7) is 26.1. The maximum atomic E-state index is 4.75. The monoisotopic (exact) mass is 619 g/mol. The number of aliphatic imine (C=N–C) groups is 3. The van der Waals surface area contributed by atoms with Gasteiger partial charge in [0.2, 0.25) is 0 Å². The van der Waals surface area contributed by atoms with Crippen LogP contribution in [-0.4, -0.2) is 17.6 Å². The van der Waals surface area contributed by atoms with Crippen LogP contribution < -0.4 is 0 Å². The Balaban J connectivity index is 0.000000344. The van der Waals surface area contributed by atoms with E-state index in [9.17, 15) is 0 Å². The summed E-state index contributed by atoms with van der Waals surface area (Å²) < 4.78 is 0. The largest absolute Gasteiger partial charge is 0.253 e. The van der Waals surface area contributed by atoms with Crippen molar-refractivity contribution in [3.63, 3.8) is 0 Å². The minimum absolute atomic E-state index is 0.692. The first kappa shape index (κ1) is 37.8. The molecule has 0 radical (unpaired) electrons. The second-order valence-electron chi connectivity index (χ2n) is 10.7. The summed E-state index contributed by atoms with van der Waals surface area (Å²) in [6.07, 6.45) is 6.71. The third-order valence-electron chi connectivity index (χ3n) is 7.23. The molecule has 4 rings (SSSR count). The maximum absolute atomic E-state index is 4.75. The second-order valence-corrected chi connectivity index (χ2v) is 10.7. The van der Waals surface area contributed by atoms with Crippen molar-refractivity contribution in [1.82, 2.24) is 0 Å². The Hall–Kier alpha value is -5.41. The first-order valence-corrected chi connectivity index (χ1v) is 15.9. The molecule has 3 heteroatoms. The molecule has 47 heavy (non-hydrogen) atoms. The van der Waals surface area contributed by atoms with Gasteiger partial charge >= 0.3 is 0 Å². The van der Waals surface area contributed by atoms with E-state index in [-0.39, 0.29) is 0 Å². The molecule has 0 aliphatic heterocycles. The average molecular weight is 620 g/mol. The highest BCUT2D eigenvalue weighted by molar-refractivity contribution is 6.03. The predicted octanol–water partition coefficient (Wildman–Crippen LogP) is 11.9. The highest BCUT2D eigenvalue weighted by atomic mass is 15.0. The minimum atomic E-state index is 0.692. The topological polar surface area (TPSA) is 37.1 Å². The standard InChI is InChI=1S/C26H30N2.C16H15N.C2H4/c1-7-19(4)26(27-9-3)28-21(6)17-25(24-16-11-10-13-20(24)5)23-15-12-14-22(8-2)18-23;1-13(15-9-5-3-6-10-15)17-14(2)16-11-7-4-8-12-16;1-2/h7,9-18H,1,8H2,2-6H3;3-12H,1H2,2H3;1-2H2/b25-17-,26-19+,27-9-,28-21+;;. The van der Waals surface area contributed by atoms with Gasteiger partial charge in [0.1, 0.15) is 0 Å². The molecule has 0 spiro atoms. The third kappa shape index (κ3) is 12.1. The van der Waals surface area contributed by atoms with Gasteiger partial charge < -0.3 is 0 Å². The van der Waals surface area contributed by atoms with Crippen molar-refractivity contribution in [1.29, 1.82) is 0 Å². The molecule has 0 aliphatic carbocycles. The summed E-state index contributed by atoms with van der Waals surface area (Å²) in [6, 6.07) is 37.4. The molecule has 0 fully saturated rings. The summed E-state index contributed by atoms with van der Waals surface area (Å²) in [5.41, 5.74) is 12.0. The van der Waals surface area contributed by atoms with Gasteiger partial charge in [-0.2, -0.15) is 0 Å². The van der Waals surface area contributed by atoms with Crippen molar-refractivity contribution in [2.75, 3.05) is 0 Å². The number of rotatable bonds is 10. The van der Waals surface area contributed by atoms with Crippen molar-refractivity contribution in [3.05, 3.63) is 192 Å². The number of benzene rings is 4. The minimum Gasteiger partial charge on any atom is -0.253 e. The van der Waals surface area contributed by atoms with E-state index in [1.54, 1.807) is 12.3 Å². The Morgan fingerprint density at radius 3 is 1.87 bits per heavy atom. The second kappa shape index (κ2) is 20.6. The Morgan fingerprint density at radius 2 is 1.30 bits per heavy atom. The van der Waals surface area contributed by atoms with Gasteiger partial charge in [0.25, 0.3) is 0 Å². The Bertz CT molecular complexity index is 1750. The molecule has 4 aromatic carbocycles. The summed E-state index contributed by atoms with van der Waals surface area (Å²) in [5, 5.41) is 0. The molecule has 0 bridgehead atoms. The molecular formula is C44H49N3. The number of hydrogen-bond donors (Lipinski definition) is 0. The van der Waals surface area contributed by atoms with Gasteiger partial charge in [0.15, 0.2) is 5.82 Å². The molecule has 0 N–H and O–H groups in total. The molecule has 240 valence electrons. The number of hydrogen-bond acceptors (Lipinski definition) is 3. The molecule has 0 aromatic heterocycles. The number of nitrogens with zero attached hydrogens (tertiary/aromatic N) is 3. The van der Waals surface area contributed by atoms with Crippen molar-refractivity contribution < 1.29 is 0 Å². The van der Waals surface area contributed by atoms with Crippen LogP contribution in [0.4, 0.5) is 0 Å². The fourth-order valence-electron chi connectivity index (χ4n) is 4.63. The highest BCUT2D eigenvalue weighted by Gasteiger charge is 2.09. The normalized spacial score (nSPS) is 12.3. The van der Waals surface area contributed by atoms with E-state index in [1.807, 2.05) is 76.2 Å². The van der Waals surface area contributed by atoms with Crippen molar-refractivity contribution >= 4 is 28.9 Å². The zero-order valence-corrected chi connectivity index (χ0v) is 29.0. The van der Waals surface area contributed by atoms with Gasteiger partial charge in [-0.15, -0.1) is 13.2 Å². The Labute approximate surface area is 283 Å². The highest BCUT2D eigenvalue weighted by Crippen LogP contribution is 2.27. The van der Waals surface area contributed by atoms with Gasteiger partial charge in [0.05, 0.1) is 5.70 Å². The van der Waals surface area contributed by atoms with E-state index in [0.29, 0.717) is 5.82 Å². The van der Waals surface area contributed by atoms with E-state index in [1.165, 1.54) is 27.8 Å². The van der Waals surface area contributed by atoms with Crippen LogP contribution in [0.2, 0.25) is 0 Å². The van der Waals surface area contributed by atoms with Gasteiger partial charge in [-0.05, 0) is 91.6 Å². The lowest BCUT2D eigenvalue weighted by molar-refractivity contribution is 1.14. The zero-order valence-electron chi connectivity index (χ0n) is 29.0. The van der Waals surface area contributed by atoms with Crippen LogP contribution in [0.5, 0.6) is 0 Å². The molecule has 0 aliphatic rings. The molecular weight excluding hydrogens is 571 g/mol. The maximum Gasteiger partial charge on any atom is 0.154 e. The zero-order chi connectivity index (χ0) is 34.6. The first-order chi connectivity index (χ1) is 22.8.